The predicted octanol–water partition coefficient (Wildman–Crippen LogP) is 6.72. The first-order valence-corrected chi connectivity index (χ1v) is 11.8. The molecule has 4 rings (SSSR count). The molecule has 0 unspecified atom stereocenters. The summed E-state index contributed by atoms with van der Waals surface area (Å²) in [6, 6.07) is 20.2. The van der Waals surface area contributed by atoms with Crippen molar-refractivity contribution in [2.45, 2.75) is 20.4 Å². The van der Waals surface area contributed by atoms with Gasteiger partial charge in [0, 0.05) is 16.3 Å². The molecule has 0 aliphatic carbocycles. The second-order valence-electron chi connectivity index (χ2n) is 7.52. The van der Waals surface area contributed by atoms with Gasteiger partial charge in [-0.25, -0.2) is 4.68 Å². The number of nitrogens with zero attached hydrogens (tertiary/aromatic N) is 3. The van der Waals surface area contributed by atoms with E-state index in [4.69, 9.17) is 40.2 Å². The van der Waals surface area contributed by atoms with Crippen LogP contribution in [0.2, 0.25) is 10.0 Å². The summed E-state index contributed by atoms with van der Waals surface area (Å²) in [5, 5.41) is 8.50. The van der Waals surface area contributed by atoms with Crippen LogP contribution in [0.25, 0.3) is 17.1 Å². The van der Waals surface area contributed by atoms with Gasteiger partial charge in [-0.1, -0.05) is 41.4 Å². The Morgan fingerprint density at radius 3 is 2.50 bits per heavy atom. The Labute approximate surface area is 212 Å². The van der Waals surface area contributed by atoms with Crippen molar-refractivity contribution in [3.05, 3.63) is 87.1 Å². The number of aromatic nitrogens is 3. The molecule has 6 nitrogen and oxygen atoms in total. The molecular weight excluding hydrogens is 491 g/mol. The summed E-state index contributed by atoms with van der Waals surface area (Å²) in [5.41, 5.74) is 3.17. The lowest BCUT2D eigenvalue weighted by Crippen LogP contribution is -2.19. The number of hydrogen-bond acceptors (Lipinski definition) is 4. The average molecular weight is 513 g/mol. The quantitative estimate of drug-likeness (QED) is 0.279. The SMILES string of the molecule is CCOc1ccc(NC(=O)Cn2nc(-c3ccc(Cl)cc3Cl)n(-c3ccccc3C)c2=S)cc1. The molecule has 0 aliphatic heterocycles. The highest BCUT2D eigenvalue weighted by Gasteiger charge is 2.19. The van der Waals surface area contributed by atoms with Crippen molar-refractivity contribution in [2.24, 2.45) is 0 Å². The number of carbonyl (C=O) groups is 1. The number of halogens is 2. The van der Waals surface area contributed by atoms with Gasteiger partial charge in [-0.15, -0.1) is 0 Å². The van der Waals surface area contributed by atoms with Gasteiger partial charge in [0.15, 0.2) is 5.82 Å². The molecule has 1 aromatic heterocycles. The number of nitrogens with one attached hydrogen (secondary N) is 1. The summed E-state index contributed by atoms with van der Waals surface area (Å²) in [4.78, 5) is 12.8. The molecule has 0 saturated heterocycles. The second-order valence-corrected chi connectivity index (χ2v) is 8.72. The Bertz CT molecular complexity index is 1400. The topological polar surface area (TPSA) is 61.1 Å². The van der Waals surface area contributed by atoms with E-state index in [0.29, 0.717) is 38.5 Å². The number of ether oxygens (including phenoxy) is 1. The van der Waals surface area contributed by atoms with Crippen LogP contribution in [0, 0.1) is 11.7 Å². The van der Waals surface area contributed by atoms with Gasteiger partial charge < -0.3 is 10.1 Å². The van der Waals surface area contributed by atoms with Crippen LogP contribution in [0.4, 0.5) is 5.69 Å². The van der Waals surface area contributed by atoms with Gasteiger partial charge in [0.05, 0.1) is 17.3 Å². The fourth-order valence-electron chi connectivity index (χ4n) is 3.53. The first-order chi connectivity index (χ1) is 16.4. The largest absolute Gasteiger partial charge is 0.494 e. The maximum absolute atomic E-state index is 12.8. The molecular formula is C25H22Cl2N4O2S. The monoisotopic (exact) mass is 512 g/mol. The van der Waals surface area contributed by atoms with Crippen LogP contribution in [0.5, 0.6) is 5.75 Å². The van der Waals surface area contributed by atoms with E-state index in [9.17, 15) is 4.79 Å². The highest BCUT2D eigenvalue weighted by Crippen LogP contribution is 2.32. The van der Waals surface area contributed by atoms with Gasteiger partial charge >= 0.3 is 0 Å². The number of rotatable bonds is 7. The van der Waals surface area contributed by atoms with Crippen molar-refractivity contribution < 1.29 is 9.53 Å². The van der Waals surface area contributed by atoms with E-state index < -0.39 is 0 Å². The molecule has 34 heavy (non-hydrogen) atoms. The number of para-hydroxylation sites is 1. The van der Waals surface area contributed by atoms with Gasteiger partial charge in [0.25, 0.3) is 0 Å². The molecule has 1 N–H and O–H groups in total. The lowest BCUT2D eigenvalue weighted by atomic mass is 10.1. The summed E-state index contributed by atoms with van der Waals surface area (Å²) in [6.07, 6.45) is 0. The standard InChI is InChI=1S/C25H22Cl2N4O2S/c1-3-33-19-11-9-18(10-12-19)28-23(32)15-30-25(34)31(22-7-5-4-6-16(22)2)24(29-30)20-13-8-17(26)14-21(20)27/h4-14H,3,15H2,1-2H3,(H,28,32). The molecule has 0 fully saturated rings. The molecule has 4 aromatic rings. The molecule has 3 aromatic carbocycles. The zero-order valence-corrected chi connectivity index (χ0v) is 20.9. The van der Waals surface area contributed by atoms with E-state index in [1.807, 2.05) is 42.7 Å². The minimum absolute atomic E-state index is 0.0663. The maximum Gasteiger partial charge on any atom is 0.246 e. The van der Waals surface area contributed by atoms with Crippen LogP contribution in [-0.2, 0) is 11.3 Å². The van der Waals surface area contributed by atoms with Crippen LogP contribution < -0.4 is 10.1 Å². The number of benzene rings is 3. The van der Waals surface area contributed by atoms with E-state index in [1.54, 1.807) is 42.5 Å². The molecule has 174 valence electrons. The van der Waals surface area contributed by atoms with Gasteiger partial charge in [0.2, 0.25) is 10.7 Å². The van der Waals surface area contributed by atoms with Gasteiger partial charge in [-0.2, -0.15) is 5.10 Å². The first-order valence-electron chi connectivity index (χ1n) is 10.6. The average Bonchev–Trinajstić information content (AvgIpc) is 3.11. The lowest BCUT2D eigenvalue weighted by molar-refractivity contribution is -0.116. The Morgan fingerprint density at radius 1 is 1.09 bits per heavy atom. The highest BCUT2D eigenvalue weighted by atomic mass is 35.5. The Morgan fingerprint density at radius 2 is 1.82 bits per heavy atom. The molecule has 9 heteroatoms. The van der Waals surface area contributed by atoms with Crippen LogP contribution in [-0.4, -0.2) is 26.9 Å². The zero-order chi connectivity index (χ0) is 24.2. The maximum atomic E-state index is 12.8. The van der Waals surface area contributed by atoms with Gasteiger partial charge in [-0.05, 0) is 80.2 Å². The second kappa shape index (κ2) is 10.4. The summed E-state index contributed by atoms with van der Waals surface area (Å²) in [5.74, 6) is 1.00. The minimum atomic E-state index is -0.261. The number of amides is 1. The van der Waals surface area contributed by atoms with Crippen molar-refractivity contribution in [1.29, 1.82) is 0 Å². The molecule has 0 spiro atoms. The molecule has 0 aliphatic rings. The number of hydrogen-bond donors (Lipinski definition) is 1. The van der Waals surface area contributed by atoms with Crippen LogP contribution >= 0.6 is 35.4 Å². The summed E-state index contributed by atoms with van der Waals surface area (Å²) in [6.45, 7) is 4.41. The van der Waals surface area contributed by atoms with Crippen molar-refractivity contribution >= 4 is 47.0 Å². The highest BCUT2D eigenvalue weighted by molar-refractivity contribution is 7.71. The molecule has 0 radical (unpaired) electrons. The fourth-order valence-corrected chi connectivity index (χ4v) is 4.31. The number of carbonyl (C=O) groups excluding carboxylic acids is 1. The molecule has 1 amide bonds. The van der Waals surface area contributed by atoms with Gasteiger partial charge in [-0.3, -0.25) is 9.36 Å². The van der Waals surface area contributed by atoms with E-state index >= 15 is 0 Å². The smallest absolute Gasteiger partial charge is 0.246 e. The van der Waals surface area contributed by atoms with E-state index in [0.717, 1.165) is 17.0 Å². The third-order valence-electron chi connectivity index (χ3n) is 5.11. The zero-order valence-electron chi connectivity index (χ0n) is 18.6. The number of aryl methyl sites for hydroxylation is 1. The van der Waals surface area contributed by atoms with Gasteiger partial charge in [0.1, 0.15) is 12.3 Å². The molecule has 0 bridgehead atoms. The molecule has 0 saturated carbocycles. The Kier molecular flexibility index (Phi) is 7.36. The van der Waals surface area contributed by atoms with Crippen LogP contribution in [0.3, 0.4) is 0 Å². The van der Waals surface area contributed by atoms with Crippen molar-refractivity contribution in [1.82, 2.24) is 14.3 Å². The lowest BCUT2D eigenvalue weighted by Gasteiger charge is -2.11. The molecule has 0 atom stereocenters. The summed E-state index contributed by atoms with van der Waals surface area (Å²) < 4.78 is 9.13. The third-order valence-corrected chi connectivity index (χ3v) is 6.05. The fraction of sp³-hybridized carbons (Fsp3) is 0.160. The normalized spacial score (nSPS) is 10.8. The van der Waals surface area contributed by atoms with Crippen LogP contribution in [0.15, 0.2) is 66.7 Å². The molecule has 1 heterocycles. The van der Waals surface area contributed by atoms with Crippen LogP contribution in [0.1, 0.15) is 12.5 Å². The Balaban J connectivity index is 1.70. The first kappa shape index (κ1) is 24.0. The van der Waals surface area contributed by atoms with E-state index in [1.165, 1.54) is 4.68 Å². The minimum Gasteiger partial charge on any atom is -0.494 e. The van der Waals surface area contributed by atoms with E-state index in [-0.39, 0.29) is 12.5 Å². The van der Waals surface area contributed by atoms with Crippen molar-refractivity contribution in [3.8, 4) is 22.8 Å². The summed E-state index contributed by atoms with van der Waals surface area (Å²) >= 11 is 18.4. The number of anilines is 1. The third kappa shape index (κ3) is 5.17. The predicted molar refractivity (Wildman–Crippen MR) is 139 cm³/mol. The van der Waals surface area contributed by atoms with E-state index in [2.05, 4.69) is 10.4 Å². The Hall–Kier alpha value is -3.13. The van der Waals surface area contributed by atoms with Crippen molar-refractivity contribution in [2.75, 3.05) is 11.9 Å². The summed E-state index contributed by atoms with van der Waals surface area (Å²) in [7, 11) is 0. The van der Waals surface area contributed by atoms with Crippen molar-refractivity contribution in [3.63, 3.8) is 0 Å².